The fraction of sp³-hybridized carbons (Fsp3) is 1.00. The highest BCUT2D eigenvalue weighted by molar-refractivity contribution is 4.84. The van der Waals surface area contributed by atoms with Crippen molar-refractivity contribution in [2.45, 2.75) is 69.5 Å². The molecule has 0 unspecified atom stereocenters. The molecule has 0 aromatic heterocycles. The molecule has 6 nitrogen and oxygen atoms in total. The molecule has 0 heterocycles. The van der Waals surface area contributed by atoms with Crippen LogP contribution in [0.15, 0.2) is 0 Å². The predicted molar refractivity (Wildman–Crippen MR) is 65.9 cm³/mol. The molecule has 0 saturated heterocycles. The molecule has 0 spiro atoms. The number of hydrogen-bond donors (Lipinski definition) is 6. The van der Waals surface area contributed by atoms with Crippen LogP contribution in [-0.2, 0) is 0 Å². The number of unbranched alkanes of at least 4 members (excludes halogenated alkanes) is 1. The van der Waals surface area contributed by atoms with Gasteiger partial charge in [0.2, 0.25) is 0 Å². The minimum Gasteiger partial charge on any atom is -0.396 e. The lowest BCUT2D eigenvalue weighted by Crippen LogP contribution is -2.49. The highest BCUT2D eigenvalue weighted by Gasteiger charge is 2.33. The van der Waals surface area contributed by atoms with Crippen molar-refractivity contribution in [3.63, 3.8) is 0 Å². The molecule has 110 valence electrons. The van der Waals surface area contributed by atoms with E-state index in [0.29, 0.717) is 25.7 Å². The van der Waals surface area contributed by atoms with Crippen LogP contribution in [0, 0.1) is 0 Å². The van der Waals surface area contributed by atoms with Gasteiger partial charge in [-0.2, -0.15) is 0 Å². The van der Waals surface area contributed by atoms with E-state index in [0.717, 1.165) is 0 Å². The topological polar surface area (TPSA) is 121 Å². The van der Waals surface area contributed by atoms with Gasteiger partial charge in [0.1, 0.15) is 18.3 Å². The molecule has 0 radical (unpaired) electrons. The molecule has 0 aliphatic rings. The third-order valence-electron chi connectivity index (χ3n) is 2.98. The van der Waals surface area contributed by atoms with Crippen LogP contribution in [0.1, 0.15) is 39.0 Å². The fourth-order valence-corrected chi connectivity index (χ4v) is 1.76. The monoisotopic (exact) mass is 266 g/mol. The van der Waals surface area contributed by atoms with Gasteiger partial charge in [-0.15, -0.1) is 0 Å². The zero-order chi connectivity index (χ0) is 14.1. The summed E-state index contributed by atoms with van der Waals surface area (Å²) in [5, 5.41) is 56.5. The van der Waals surface area contributed by atoms with Crippen molar-refractivity contribution in [3.8, 4) is 0 Å². The van der Waals surface area contributed by atoms with Crippen LogP contribution in [0.25, 0.3) is 0 Å². The lowest BCUT2D eigenvalue weighted by Gasteiger charge is -2.29. The third kappa shape index (κ3) is 6.08. The molecule has 0 amide bonds. The van der Waals surface area contributed by atoms with E-state index in [1.165, 1.54) is 0 Å². The maximum absolute atomic E-state index is 9.64. The predicted octanol–water partition coefficient (Wildman–Crippen LogP) is -1.25. The zero-order valence-corrected chi connectivity index (χ0v) is 10.8. The second kappa shape index (κ2) is 9.66. The molecule has 0 aliphatic carbocycles. The summed E-state index contributed by atoms with van der Waals surface area (Å²) in [6, 6.07) is 0. The van der Waals surface area contributed by atoms with Crippen LogP contribution < -0.4 is 0 Å². The maximum atomic E-state index is 9.64. The van der Waals surface area contributed by atoms with Gasteiger partial charge in [0.05, 0.1) is 12.2 Å². The van der Waals surface area contributed by atoms with Crippen LogP contribution in [-0.4, -0.2) is 67.8 Å². The van der Waals surface area contributed by atoms with Gasteiger partial charge < -0.3 is 30.6 Å². The number of hydrogen-bond acceptors (Lipinski definition) is 6. The van der Waals surface area contributed by atoms with Crippen molar-refractivity contribution in [2.24, 2.45) is 0 Å². The molecule has 0 bridgehead atoms. The van der Waals surface area contributed by atoms with E-state index in [1.807, 2.05) is 6.92 Å². The van der Waals surface area contributed by atoms with E-state index in [1.54, 1.807) is 0 Å². The summed E-state index contributed by atoms with van der Waals surface area (Å²) < 4.78 is 0. The smallest absolute Gasteiger partial charge is 0.111 e. The molecule has 5 atom stereocenters. The zero-order valence-electron chi connectivity index (χ0n) is 10.8. The third-order valence-corrected chi connectivity index (χ3v) is 2.98. The minimum absolute atomic E-state index is 0.00318. The Bertz CT molecular complexity index is 201. The van der Waals surface area contributed by atoms with Crippen molar-refractivity contribution >= 4 is 0 Å². The van der Waals surface area contributed by atoms with Gasteiger partial charge in [-0.1, -0.05) is 13.3 Å². The molecule has 0 fully saturated rings. The Kier molecular flexibility index (Phi) is 9.53. The largest absolute Gasteiger partial charge is 0.396 e. The van der Waals surface area contributed by atoms with E-state index in [-0.39, 0.29) is 13.0 Å². The summed E-state index contributed by atoms with van der Waals surface area (Å²) in [5.74, 6) is 0. The molecule has 0 saturated carbocycles. The first-order valence-electron chi connectivity index (χ1n) is 6.46. The van der Waals surface area contributed by atoms with Gasteiger partial charge >= 0.3 is 0 Å². The van der Waals surface area contributed by atoms with Crippen LogP contribution in [0.3, 0.4) is 0 Å². The molecule has 6 N–H and O–H groups in total. The van der Waals surface area contributed by atoms with E-state index >= 15 is 0 Å². The van der Waals surface area contributed by atoms with Gasteiger partial charge in [-0.3, -0.25) is 0 Å². The molecule has 0 aromatic rings. The Morgan fingerprint density at radius 1 is 0.722 bits per heavy atom. The minimum atomic E-state index is -1.59. The molecular weight excluding hydrogens is 240 g/mol. The van der Waals surface area contributed by atoms with E-state index in [2.05, 4.69) is 0 Å². The molecule has 0 aromatic carbocycles. The highest BCUT2D eigenvalue weighted by atomic mass is 16.4. The summed E-state index contributed by atoms with van der Waals surface area (Å²) in [6.45, 7) is 1.83. The van der Waals surface area contributed by atoms with Crippen molar-refractivity contribution in [2.75, 3.05) is 6.61 Å². The Labute approximate surface area is 108 Å². The van der Waals surface area contributed by atoms with E-state index < -0.39 is 30.5 Å². The maximum Gasteiger partial charge on any atom is 0.111 e. The second-order valence-electron chi connectivity index (χ2n) is 4.61. The van der Waals surface area contributed by atoms with Crippen LogP contribution in [0.4, 0.5) is 0 Å². The molecule has 0 rings (SSSR count). The number of rotatable bonds is 10. The van der Waals surface area contributed by atoms with Crippen LogP contribution in [0.5, 0.6) is 0 Å². The van der Waals surface area contributed by atoms with Gasteiger partial charge in [0.25, 0.3) is 0 Å². The SMILES string of the molecule is CCC[C@H](O)[C@@H](O)[C@H](O)[C@H](O)[C@@H](O)CCCCO. The average Bonchev–Trinajstić information content (AvgIpc) is 2.36. The standard InChI is InChI=1S/C12H26O6/c1-2-5-8(14)10(16)12(18)11(17)9(15)6-3-4-7-13/h8-18H,2-7H2,1H3/t8-,9-,10+,11+,12-/m0/s1. The first kappa shape index (κ1) is 17.8. The average molecular weight is 266 g/mol. The van der Waals surface area contributed by atoms with Gasteiger partial charge in [-0.25, -0.2) is 0 Å². The summed E-state index contributed by atoms with van der Waals surface area (Å²) >= 11 is 0. The summed E-state index contributed by atoms with van der Waals surface area (Å²) in [7, 11) is 0. The lowest BCUT2D eigenvalue weighted by molar-refractivity contribution is -0.135. The quantitative estimate of drug-likeness (QED) is 0.275. The first-order valence-corrected chi connectivity index (χ1v) is 6.46. The Morgan fingerprint density at radius 2 is 1.22 bits per heavy atom. The first-order chi connectivity index (χ1) is 8.45. The molecular formula is C12H26O6. The van der Waals surface area contributed by atoms with Crippen molar-refractivity contribution < 1.29 is 30.6 Å². The second-order valence-corrected chi connectivity index (χ2v) is 4.61. The Morgan fingerprint density at radius 3 is 1.67 bits per heavy atom. The number of aliphatic hydroxyl groups excluding tert-OH is 6. The van der Waals surface area contributed by atoms with Crippen molar-refractivity contribution in [1.29, 1.82) is 0 Å². The summed E-state index contributed by atoms with van der Waals surface area (Å²) in [4.78, 5) is 0. The summed E-state index contributed by atoms with van der Waals surface area (Å²) in [6.07, 6.45) is -4.70. The Balaban J connectivity index is 4.17. The molecule has 18 heavy (non-hydrogen) atoms. The lowest BCUT2D eigenvalue weighted by atomic mass is 9.95. The van der Waals surface area contributed by atoms with Crippen molar-refractivity contribution in [3.05, 3.63) is 0 Å². The fourth-order valence-electron chi connectivity index (χ4n) is 1.76. The van der Waals surface area contributed by atoms with Gasteiger partial charge in [0, 0.05) is 6.61 Å². The van der Waals surface area contributed by atoms with Crippen molar-refractivity contribution in [1.82, 2.24) is 0 Å². The van der Waals surface area contributed by atoms with Crippen LogP contribution in [0.2, 0.25) is 0 Å². The van der Waals surface area contributed by atoms with E-state index in [9.17, 15) is 25.5 Å². The Hall–Kier alpha value is -0.240. The summed E-state index contributed by atoms with van der Waals surface area (Å²) in [5.41, 5.74) is 0. The van der Waals surface area contributed by atoms with Crippen LogP contribution >= 0.6 is 0 Å². The molecule has 6 heteroatoms. The normalized spacial score (nSPS) is 20.2. The highest BCUT2D eigenvalue weighted by Crippen LogP contribution is 2.14. The molecule has 0 aliphatic heterocycles. The van der Waals surface area contributed by atoms with Gasteiger partial charge in [-0.05, 0) is 25.7 Å². The van der Waals surface area contributed by atoms with Gasteiger partial charge in [0.15, 0.2) is 0 Å². The van der Waals surface area contributed by atoms with E-state index in [4.69, 9.17) is 5.11 Å². The number of aliphatic hydroxyl groups is 6.